The van der Waals surface area contributed by atoms with Gasteiger partial charge in [-0.25, -0.2) is 4.98 Å². The third kappa shape index (κ3) is 2.94. The van der Waals surface area contributed by atoms with Crippen LogP contribution < -0.4 is 11.3 Å². The summed E-state index contributed by atoms with van der Waals surface area (Å²) in [5, 5.41) is 0.775. The smallest absolute Gasteiger partial charge is 0.257 e. The van der Waals surface area contributed by atoms with Crippen LogP contribution in [0.3, 0.4) is 0 Å². The Labute approximate surface area is 127 Å². The maximum atomic E-state index is 12.0. The second kappa shape index (κ2) is 5.50. The molecule has 2 heterocycles. The average molecular weight is 305 g/mol. The first-order chi connectivity index (χ1) is 10.0. The second-order valence-corrected chi connectivity index (χ2v) is 5.83. The fourth-order valence-corrected chi connectivity index (χ4v) is 2.83. The van der Waals surface area contributed by atoms with E-state index in [-0.39, 0.29) is 11.5 Å². The summed E-state index contributed by atoms with van der Waals surface area (Å²) < 4.78 is 0. The molecule has 1 aromatic carbocycles. The minimum Gasteiger partial charge on any atom is -0.369 e. The summed E-state index contributed by atoms with van der Waals surface area (Å²) in [6.07, 6.45) is 0.739. The Bertz CT molecular complexity index is 741. The van der Waals surface area contributed by atoms with Crippen LogP contribution in [0, 0.1) is 6.92 Å². The van der Waals surface area contributed by atoms with Gasteiger partial charge in [0.25, 0.3) is 5.56 Å². The van der Waals surface area contributed by atoms with Crippen molar-refractivity contribution < 1.29 is 0 Å². The molecule has 0 spiro atoms. The van der Waals surface area contributed by atoms with E-state index in [0.717, 1.165) is 41.4 Å². The van der Waals surface area contributed by atoms with Gasteiger partial charge in [-0.3, -0.25) is 14.7 Å². The number of fused-ring (bicyclic) bond motifs is 1. The van der Waals surface area contributed by atoms with Gasteiger partial charge in [0.05, 0.1) is 11.3 Å². The van der Waals surface area contributed by atoms with Crippen molar-refractivity contribution in [1.29, 1.82) is 0 Å². The zero-order chi connectivity index (χ0) is 15.0. The maximum absolute atomic E-state index is 12.0. The molecule has 3 N–H and O–H groups in total. The molecule has 5 nitrogen and oxygen atoms in total. The molecule has 0 fully saturated rings. The highest BCUT2D eigenvalue weighted by Crippen LogP contribution is 2.20. The van der Waals surface area contributed by atoms with E-state index in [0.29, 0.717) is 12.1 Å². The average Bonchev–Trinajstić information content (AvgIpc) is 2.43. The van der Waals surface area contributed by atoms with Crippen LogP contribution in [-0.2, 0) is 19.5 Å². The number of hydrogen-bond acceptors (Lipinski definition) is 4. The third-order valence-corrected chi connectivity index (χ3v) is 4.22. The monoisotopic (exact) mass is 304 g/mol. The van der Waals surface area contributed by atoms with Gasteiger partial charge in [0.15, 0.2) is 0 Å². The molecule has 110 valence electrons. The summed E-state index contributed by atoms with van der Waals surface area (Å²) in [6, 6.07) is 6.07. The van der Waals surface area contributed by atoms with E-state index in [4.69, 9.17) is 17.3 Å². The van der Waals surface area contributed by atoms with Gasteiger partial charge in [-0.15, -0.1) is 0 Å². The molecule has 21 heavy (non-hydrogen) atoms. The van der Waals surface area contributed by atoms with Crippen molar-refractivity contribution in [3.8, 4) is 0 Å². The molecule has 1 aliphatic heterocycles. The Hall–Kier alpha value is -1.85. The molecule has 0 amide bonds. The van der Waals surface area contributed by atoms with Gasteiger partial charge in [0.2, 0.25) is 5.95 Å². The normalized spacial score (nSPS) is 15.0. The van der Waals surface area contributed by atoms with Gasteiger partial charge < -0.3 is 5.73 Å². The Balaban J connectivity index is 1.80. The summed E-state index contributed by atoms with van der Waals surface area (Å²) >= 11 is 6.16. The predicted molar refractivity (Wildman–Crippen MR) is 83.3 cm³/mol. The van der Waals surface area contributed by atoms with Gasteiger partial charge in [-0.05, 0) is 24.1 Å². The van der Waals surface area contributed by atoms with Crippen molar-refractivity contribution in [3.05, 3.63) is 56.0 Å². The highest BCUT2D eigenvalue weighted by Gasteiger charge is 2.20. The number of anilines is 1. The maximum Gasteiger partial charge on any atom is 0.257 e. The zero-order valence-corrected chi connectivity index (χ0v) is 12.6. The van der Waals surface area contributed by atoms with E-state index in [2.05, 4.69) is 20.9 Å². The van der Waals surface area contributed by atoms with E-state index in [9.17, 15) is 4.79 Å². The van der Waals surface area contributed by atoms with Crippen LogP contribution in [-0.4, -0.2) is 21.4 Å². The van der Waals surface area contributed by atoms with E-state index in [1.54, 1.807) is 0 Å². The zero-order valence-electron chi connectivity index (χ0n) is 11.8. The third-order valence-electron chi connectivity index (χ3n) is 3.81. The van der Waals surface area contributed by atoms with Gasteiger partial charge in [0, 0.05) is 31.1 Å². The number of nitrogens with zero attached hydrogens (tertiary/aromatic N) is 2. The predicted octanol–water partition coefficient (Wildman–Crippen LogP) is 1.87. The summed E-state index contributed by atoms with van der Waals surface area (Å²) in [4.78, 5) is 21.0. The summed E-state index contributed by atoms with van der Waals surface area (Å²) in [7, 11) is 0. The van der Waals surface area contributed by atoms with Crippen molar-refractivity contribution >= 4 is 17.5 Å². The first-order valence-electron chi connectivity index (χ1n) is 6.88. The lowest BCUT2D eigenvalue weighted by Crippen LogP contribution is -2.35. The lowest BCUT2D eigenvalue weighted by molar-refractivity contribution is 0.242. The van der Waals surface area contributed by atoms with Crippen LogP contribution in [0.15, 0.2) is 23.0 Å². The Morgan fingerprint density at radius 3 is 3.05 bits per heavy atom. The van der Waals surface area contributed by atoms with Gasteiger partial charge in [0.1, 0.15) is 0 Å². The van der Waals surface area contributed by atoms with Gasteiger partial charge in [-0.2, -0.15) is 0 Å². The van der Waals surface area contributed by atoms with E-state index < -0.39 is 0 Å². The number of aryl methyl sites for hydroxylation is 1. The summed E-state index contributed by atoms with van der Waals surface area (Å²) in [5.74, 6) is 0.192. The number of H-pyrrole nitrogens is 1. The van der Waals surface area contributed by atoms with Crippen LogP contribution >= 0.6 is 11.6 Å². The number of aromatic amines is 1. The fourth-order valence-electron chi connectivity index (χ4n) is 2.63. The molecule has 1 aliphatic rings. The van der Waals surface area contributed by atoms with Gasteiger partial charge in [-0.1, -0.05) is 23.7 Å². The molecule has 3 rings (SSSR count). The molecule has 1 aromatic heterocycles. The quantitative estimate of drug-likeness (QED) is 0.888. The summed E-state index contributed by atoms with van der Waals surface area (Å²) in [5.41, 5.74) is 9.19. The highest BCUT2D eigenvalue weighted by molar-refractivity contribution is 6.31. The standard InChI is InChI=1S/C15H17ClN4O/c1-9-2-3-10(6-12(9)16)7-20-5-4-13-11(8-20)14(21)19-15(17)18-13/h2-3,6H,4-5,7-8H2,1H3,(H3,17,18,19,21). The summed E-state index contributed by atoms with van der Waals surface area (Å²) in [6.45, 7) is 4.19. The van der Waals surface area contributed by atoms with Crippen LogP contribution in [0.4, 0.5) is 5.95 Å². The topological polar surface area (TPSA) is 75.0 Å². The van der Waals surface area contributed by atoms with Crippen LogP contribution in [0.1, 0.15) is 22.4 Å². The fraction of sp³-hybridized carbons (Fsp3) is 0.333. The number of nitrogen functional groups attached to an aromatic ring is 1. The number of halogens is 1. The number of benzene rings is 1. The van der Waals surface area contributed by atoms with Crippen molar-refractivity contribution in [3.63, 3.8) is 0 Å². The number of nitrogens with one attached hydrogen (secondary N) is 1. The first-order valence-corrected chi connectivity index (χ1v) is 7.25. The Morgan fingerprint density at radius 2 is 2.29 bits per heavy atom. The highest BCUT2D eigenvalue weighted by atomic mass is 35.5. The molecule has 0 saturated carbocycles. The minimum atomic E-state index is -0.135. The van der Waals surface area contributed by atoms with Crippen LogP contribution in [0.5, 0.6) is 0 Å². The van der Waals surface area contributed by atoms with E-state index in [1.165, 1.54) is 0 Å². The molecule has 0 radical (unpaired) electrons. The van der Waals surface area contributed by atoms with Crippen molar-refractivity contribution in [2.24, 2.45) is 0 Å². The number of hydrogen-bond donors (Lipinski definition) is 2. The number of rotatable bonds is 2. The molecule has 0 unspecified atom stereocenters. The first kappa shape index (κ1) is 14.1. The van der Waals surface area contributed by atoms with E-state index in [1.807, 2.05) is 19.1 Å². The van der Waals surface area contributed by atoms with Gasteiger partial charge >= 0.3 is 0 Å². The largest absolute Gasteiger partial charge is 0.369 e. The molecule has 0 aliphatic carbocycles. The minimum absolute atomic E-state index is 0.135. The Kier molecular flexibility index (Phi) is 3.69. The molecule has 2 aromatic rings. The molecular formula is C15H17ClN4O. The van der Waals surface area contributed by atoms with Crippen molar-refractivity contribution in [2.45, 2.75) is 26.4 Å². The van der Waals surface area contributed by atoms with Crippen molar-refractivity contribution in [2.75, 3.05) is 12.3 Å². The lowest BCUT2D eigenvalue weighted by atomic mass is 10.1. The lowest BCUT2D eigenvalue weighted by Gasteiger charge is -2.27. The molecule has 6 heteroatoms. The van der Waals surface area contributed by atoms with Crippen LogP contribution in [0.2, 0.25) is 5.02 Å². The molecule has 0 atom stereocenters. The molecular weight excluding hydrogens is 288 g/mol. The SMILES string of the molecule is Cc1ccc(CN2CCc3nc(N)[nH]c(=O)c3C2)cc1Cl. The number of nitrogens with two attached hydrogens (primary N) is 1. The van der Waals surface area contributed by atoms with E-state index >= 15 is 0 Å². The Morgan fingerprint density at radius 1 is 1.48 bits per heavy atom. The second-order valence-electron chi connectivity index (χ2n) is 5.42. The number of aromatic nitrogens is 2. The van der Waals surface area contributed by atoms with Crippen LogP contribution in [0.25, 0.3) is 0 Å². The molecule has 0 bridgehead atoms. The molecule has 0 saturated heterocycles. The van der Waals surface area contributed by atoms with Crippen molar-refractivity contribution in [1.82, 2.24) is 14.9 Å².